The second kappa shape index (κ2) is 35.0. The number of nitrogens with zero attached hydrogens (tertiary/aromatic N) is 1. The number of unbranched alkanes of at least 4 members (excludes halogenated alkanes) is 28. The molecule has 0 fully saturated rings. The molecule has 8 heteroatoms. The van der Waals surface area contributed by atoms with Crippen LogP contribution in [0.25, 0.3) is 0 Å². The summed E-state index contributed by atoms with van der Waals surface area (Å²) in [7, 11) is 0.00909. The summed E-state index contributed by atoms with van der Waals surface area (Å²) in [5.41, 5.74) is 0. The monoisotopic (exact) mass is 690 g/mol. The van der Waals surface area contributed by atoms with Gasteiger partial charge in [-0.15, -0.1) is 0 Å². The fourth-order valence-electron chi connectivity index (χ4n) is 5.99. The first-order valence-corrected chi connectivity index (χ1v) is 21.3. The second-order valence-electron chi connectivity index (χ2n) is 14.2. The molecule has 47 heavy (non-hydrogen) atoms. The zero-order chi connectivity index (χ0) is 35.5. The van der Waals surface area contributed by atoms with Gasteiger partial charge in [0.1, 0.15) is 0 Å². The fraction of sp³-hybridized carbons (Fsp3) is 0.949. The van der Waals surface area contributed by atoms with Gasteiger partial charge in [-0.05, 0) is 12.8 Å². The number of imide groups is 1. The second-order valence-corrected chi connectivity index (χ2v) is 15.4. The zero-order valence-corrected chi connectivity index (χ0v) is 32.7. The Labute approximate surface area is 293 Å². The Morgan fingerprint density at radius 1 is 0.447 bits per heavy atom. The topological polar surface area (TPSA) is 101 Å². The van der Waals surface area contributed by atoms with Crippen molar-refractivity contribution >= 4 is 22.2 Å². The number of hydrogen-bond donors (Lipinski definition) is 0. The van der Waals surface area contributed by atoms with Crippen LogP contribution in [0.4, 0.5) is 0 Å². The number of carbonyl (C=O) groups is 2. The zero-order valence-electron chi connectivity index (χ0n) is 31.9. The van der Waals surface area contributed by atoms with Gasteiger partial charge in [-0.1, -0.05) is 194 Å². The number of hydrogen-bond acceptors (Lipinski definition) is 6. The van der Waals surface area contributed by atoms with Crippen LogP contribution >= 0.6 is 0 Å². The molecule has 7 nitrogen and oxygen atoms in total. The van der Waals surface area contributed by atoms with E-state index in [4.69, 9.17) is 0 Å². The molecule has 0 bridgehead atoms. The van der Waals surface area contributed by atoms with E-state index in [1.807, 2.05) is 0 Å². The smallest absolute Gasteiger partial charge is 0.320 e. The molecule has 0 spiro atoms. The van der Waals surface area contributed by atoms with E-state index in [9.17, 15) is 22.6 Å². The number of carbonyl (C=O) groups excluding carboxylic acids is 2. The summed E-state index contributed by atoms with van der Waals surface area (Å²) in [5.74, 6) is 0.205. The minimum Gasteiger partial charge on any atom is -0.726 e. The predicted molar refractivity (Wildman–Crippen MR) is 198 cm³/mol. The molecule has 0 aromatic carbocycles. The quantitative estimate of drug-likeness (QED) is 0.0294. The van der Waals surface area contributed by atoms with Crippen LogP contribution < -0.4 is 0 Å². The average Bonchev–Trinajstić information content (AvgIpc) is 3.04. The molecule has 282 valence electrons. The van der Waals surface area contributed by atoms with E-state index in [1.54, 1.807) is 14.1 Å². The molecule has 0 atom stereocenters. The summed E-state index contributed by atoms with van der Waals surface area (Å²) in [6, 6.07) is 0. The maximum Gasteiger partial charge on any atom is 0.320 e. The van der Waals surface area contributed by atoms with Crippen molar-refractivity contribution in [3.8, 4) is 0 Å². The molecule has 0 aromatic heterocycles. The highest BCUT2D eigenvalue weighted by Crippen LogP contribution is 2.17. The Hall–Kier alpha value is -0.830. The van der Waals surface area contributed by atoms with Gasteiger partial charge in [-0.3, -0.25) is 4.18 Å². The van der Waals surface area contributed by atoms with E-state index in [-0.39, 0.29) is 16.3 Å². The van der Waals surface area contributed by atoms with Gasteiger partial charge in [-0.25, -0.2) is 22.5 Å². The summed E-state index contributed by atoms with van der Waals surface area (Å²) in [6.07, 6.45) is 41.0. The first-order valence-electron chi connectivity index (χ1n) is 19.9. The molecule has 0 heterocycles. The molecule has 0 aliphatic rings. The van der Waals surface area contributed by atoms with Gasteiger partial charge in [-0.2, -0.15) is 0 Å². The van der Waals surface area contributed by atoms with Gasteiger partial charge in [0, 0.05) is 0 Å². The maximum absolute atomic E-state index is 12.8. The van der Waals surface area contributed by atoms with E-state index < -0.39 is 10.4 Å². The predicted octanol–water partition coefficient (Wildman–Crippen LogP) is 11.7. The Morgan fingerprint density at radius 2 is 0.617 bits per heavy atom. The van der Waals surface area contributed by atoms with Crippen LogP contribution in [0.5, 0.6) is 0 Å². The summed E-state index contributed by atoms with van der Waals surface area (Å²) in [5, 5.41) is 0. The highest BCUT2D eigenvalue weighted by molar-refractivity contribution is 7.80. The SMILES string of the molecule is CCCCCCCCCCCCCCCCCC(=O)[N+](C)(C)C(=O)CCCCCCCCCCCCCCCCC.COS(=O)(=O)[O-]. The summed E-state index contributed by atoms with van der Waals surface area (Å²) in [4.78, 5) is 25.5. The van der Waals surface area contributed by atoms with E-state index >= 15 is 0 Å². The van der Waals surface area contributed by atoms with Crippen molar-refractivity contribution in [3.05, 3.63) is 0 Å². The van der Waals surface area contributed by atoms with E-state index in [2.05, 4.69) is 18.0 Å². The maximum atomic E-state index is 12.8. The van der Waals surface area contributed by atoms with Crippen LogP contribution in [0.1, 0.15) is 219 Å². The lowest BCUT2D eigenvalue weighted by molar-refractivity contribution is -0.736. The molecule has 0 saturated heterocycles. The normalized spacial score (nSPS) is 11.8. The third-order valence-electron chi connectivity index (χ3n) is 9.44. The molecule has 0 radical (unpaired) electrons. The lowest BCUT2D eigenvalue weighted by atomic mass is 10.0. The lowest BCUT2D eigenvalue weighted by Gasteiger charge is -2.24. The average molecular weight is 690 g/mol. The van der Waals surface area contributed by atoms with Crippen LogP contribution in [-0.4, -0.2) is 50.5 Å². The van der Waals surface area contributed by atoms with Crippen LogP contribution in [0.3, 0.4) is 0 Å². The van der Waals surface area contributed by atoms with Crippen molar-refractivity contribution < 1.29 is 31.2 Å². The largest absolute Gasteiger partial charge is 0.726 e. The van der Waals surface area contributed by atoms with Crippen LogP contribution in [0, 0.1) is 0 Å². The van der Waals surface area contributed by atoms with Gasteiger partial charge in [0.15, 0.2) is 0 Å². The van der Waals surface area contributed by atoms with Gasteiger partial charge < -0.3 is 4.55 Å². The Balaban J connectivity index is 0. The minimum atomic E-state index is -4.41. The molecule has 0 aliphatic carbocycles. The number of rotatable bonds is 33. The molecule has 0 N–H and O–H groups in total. The van der Waals surface area contributed by atoms with Crippen LogP contribution in [-0.2, 0) is 24.2 Å². The first-order chi connectivity index (χ1) is 22.5. The van der Waals surface area contributed by atoms with Crippen LogP contribution in [0.2, 0.25) is 0 Å². The third-order valence-corrected chi connectivity index (χ3v) is 9.85. The molecule has 2 amide bonds. The van der Waals surface area contributed by atoms with Crippen molar-refractivity contribution in [1.82, 2.24) is 0 Å². The third kappa shape index (κ3) is 36.3. The summed E-state index contributed by atoms with van der Waals surface area (Å²) in [6.45, 7) is 4.57. The summed E-state index contributed by atoms with van der Waals surface area (Å²) < 4.78 is 31.0. The van der Waals surface area contributed by atoms with Gasteiger partial charge >= 0.3 is 11.8 Å². The molecular weight excluding hydrogens is 610 g/mol. The first kappa shape index (κ1) is 48.3. The summed E-state index contributed by atoms with van der Waals surface area (Å²) >= 11 is 0. The van der Waals surface area contributed by atoms with Crippen molar-refractivity contribution in [2.45, 2.75) is 219 Å². The molecule has 0 unspecified atom stereocenters. The standard InChI is InChI=1S/C38H76NO2.CH4O4S/c1-5-7-9-11-13-15-17-19-21-23-25-27-29-31-33-35-37(40)39(3,4)38(41)36-34-32-30-28-26-24-22-20-18-16-14-12-10-8-6-2;1-5-6(2,3)4/h5-36H2,1-4H3;1H3,(H,2,3,4)/q+1;/p-1. The molecular formula is C39H79NO6S. The molecule has 0 saturated carbocycles. The Morgan fingerprint density at radius 3 is 0.787 bits per heavy atom. The number of amides is 2. The molecule has 0 aliphatic heterocycles. The van der Waals surface area contributed by atoms with Crippen molar-refractivity contribution in [3.63, 3.8) is 0 Å². The fourth-order valence-corrected chi connectivity index (χ4v) is 5.99. The Kier molecular flexibility index (Phi) is 36.0. The highest BCUT2D eigenvalue weighted by atomic mass is 32.3. The molecule has 0 rings (SSSR count). The lowest BCUT2D eigenvalue weighted by Crippen LogP contribution is -2.50. The van der Waals surface area contributed by atoms with Crippen molar-refractivity contribution in [2.75, 3.05) is 21.2 Å². The van der Waals surface area contributed by atoms with Gasteiger partial charge in [0.2, 0.25) is 10.4 Å². The Bertz CT molecular complexity index is 751. The molecule has 0 aromatic rings. The van der Waals surface area contributed by atoms with Crippen molar-refractivity contribution in [2.24, 2.45) is 0 Å². The van der Waals surface area contributed by atoms with E-state index in [1.165, 1.54) is 167 Å². The highest BCUT2D eigenvalue weighted by Gasteiger charge is 2.33. The van der Waals surface area contributed by atoms with E-state index in [0.29, 0.717) is 12.8 Å². The van der Waals surface area contributed by atoms with Gasteiger partial charge in [0.05, 0.1) is 34.0 Å². The number of quaternary nitrogens is 1. The van der Waals surface area contributed by atoms with Crippen LogP contribution in [0.15, 0.2) is 0 Å². The van der Waals surface area contributed by atoms with E-state index in [0.717, 1.165) is 32.8 Å². The minimum absolute atomic E-state index is 0.0583. The van der Waals surface area contributed by atoms with Crippen molar-refractivity contribution in [1.29, 1.82) is 0 Å². The van der Waals surface area contributed by atoms with Gasteiger partial charge in [0.25, 0.3) is 0 Å².